The fourth-order valence-electron chi connectivity index (χ4n) is 1.59. The maximum Gasteiger partial charge on any atom is 0.137 e. The molecule has 0 aliphatic heterocycles. The van der Waals surface area contributed by atoms with Gasteiger partial charge in [-0.3, -0.25) is 0 Å². The molecule has 1 aliphatic carbocycles. The van der Waals surface area contributed by atoms with Crippen LogP contribution in [0, 0.1) is 11.7 Å². The molecule has 84 valence electrons. The Labute approximate surface area is 104 Å². The number of halogens is 3. The Balaban J connectivity index is 0.00000112. The minimum atomic E-state index is -0.229. The van der Waals surface area contributed by atoms with Crippen LogP contribution in [0.3, 0.4) is 0 Å². The van der Waals surface area contributed by atoms with Crippen LogP contribution in [-0.2, 0) is 0 Å². The van der Waals surface area contributed by atoms with Gasteiger partial charge in [0.05, 0.1) is 4.47 Å². The zero-order valence-electron chi connectivity index (χ0n) is 8.25. The third-order valence-electron chi connectivity index (χ3n) is 2.66. The lowest BCUT2D eigenvalue weighted by Gasteiger charge is -2.11. The van der Waals surface area contributed by atoms with Gasteiger partial charge in [-0.2, -0.15) is 0 Å². The van der Waals surface area contributed by atoms with E-state index in [2.05, 4.69) is 15.9 Å². The predicted molar refractivity (Wildman–Crippen MR) is 65.6 cm³/mol. The van der Waals surface area contributed by atoms with Crippen LogP contribution in [0.1, 0.15) is 30.9 Å². The molecule has 0 spiro atoms. The summed E-state index contributed by atoms with van der Waals surface area (Å²) in [7, 11) is 0. The van der Waals surface area contributed by atoms with E-state index in [4.69, 9.17) is 5.73 Å². The van der Waals surface area contributed by atoms with Gasteiger partial charge in [-0.15, -0.1) is 12.4 Å². The van der Waals surface area contributed by atoms with Gasteiger partial charge in [0, 0.05) is 6.04 Å². The van der Waals surface area contributed by atoms with Gasteiger partial charge in [0.1, 0.15) is 5.82 Å². The molecule has 1 aromatic rings. The Morgan fingerprint density at radius 2 is 2.13 bits per heavy atom. The number of hydrogen-bond donors (Lipinski definition) is 1. The monoisotopic (exact) mass is 293 g/mol. The lowest BCUT2D eigenvalue weighted by molar-refractivity contribution is 0.589. The highest BCUT2D eigenvalue weighted by atomic mass is 79.9. The molecule has 0 radical (unpaired) electrons. The Hall–Kier alpha value is -0.120. The fourth-order valence-corrected chi connectivity index (χ4v) is 1.99. The molecule has 1 aromatic carbocycles. The van der Waals surface area contributed by atoms with E-state index in [1.807, 2.05) is 0 Å². The molecule has 1 aliphatic rings. The topological polar surface area (TPSA) is 26.0 Å². The lowest BCUT2D eigenvalue weighted by Crippen LogP contribution is -2.11. The van der Waals surface area contributed by atoms with Crippen molar-refractivity contribution in [1.29, 1.82) is 0 Å². The third kappa shape index (κ3) is 3.44. The molecule has 0 heterocycles. The van der Waals surface area contributed by atoms with Crippen molar-refractivity contribution in [2.45, 2.75) is 25.3 Å². The minimum absolute atomic E-state index is 0. The molecule has 1 fully saturated rings. The molecule has 0 unspecified atom stereocenters. The summed E-state index contributed by atoms with van der Waals surface area (Å²) < 4.78 is 13.5. The van der Waals surface area contributed by atoms with Crippen LogP contribution >= 0.6 is 28.3 Å². The van der Waals surface area contributed by atoms with Crippen molar-refractivity contribution in [3.63, 3.8) is 0 Å². The summed E-state index contributed by atoms with van der Waals surface area (Å²) in [6.45, 7) is 0. The van der Waals surface area contributed by atoms with E-state index in [0.717, 1.165) is 17.9 Å². The summed E-state index contributed by atoms with van der Waals surface area (Å²) in [5.41, 5.74) is 7.03. The smallest absolute Gasteiger partial charge is 0.137 e. The first-order chi connectivity index (χ1) is 6.66. The van der Waals surface area contributed by atoms with Gasteiger partial charge in [-0.25, -0.2) is 4.39 Å². The molecule has 1 saturated carbocycles. The standard InChI is InChI=1S/C11H13BrFN.ClH/c12-9-6-8(3-4-10(9)13)11(14)5-7-1-2-7;/h3-4,6-7,11H,1-2,5,14H2;1H/t11-;/m1./s1. The molecule has 2 N–H and O–H groups in total. The molecular formula is C11H14BrClFN. The van der Waals surface area contributed by atoms with Gasteiger partial charge < -0.3 is 5.73 Å². The van der Waals surface area contributed by atoms with Crippen molar-refractivity contribution in [1.82, 2.24) is 0 Å². The van der Waals surface area contributed by atoms with E-state index in [1.54, 1.807) is 12.1 Å². The second-order valence-electron chi connectivity index (χ2n) is 3.96. The molecule has 15 heavy (non-hydrogen) atoms. The predicted octanol–water partition coefficient (Wildman–Crippen LogP) is 3.81. The maximum absolute atomic E-state index is 12.9. The van der Waals surface area contributed by atoms with Crippen LogP contribution in [-0.4, -0.2) is 0 Å². The largest absolute Gasteiger partial charge is 0.324 e. The minimum Gasteiger partial charge on any atom is -0.324 e. The normalized spacial score (nSPS) is 17.0. The number of rotatable bonds is 3. The zero-order chi connectivity index (χ0) is 10.1. The molecule has 0 saturated heterocycles. The Morgan fingerprint density at radius 3 is 2.67 bits per heavy atom. The highest BCUT2D eigenvalue weighted by Gasteiger charge is 2.24. The van der Waals surface area contributed by atoms with Crippen LogP contribution in [0.5, 0.6) is 0 Å². The summed E-state index contributed by atoms with van der Waals surface area (Å²) in [4.78, 5) is 0. The second kappa shape index (κ2) is 5.28. The molecular weight excluding hydrogens is 280 g/mol. The molecule has 1 nitrogen and oxygen atoms in total. The average Bonchev–Trinajstić information content (AvgIpc) is 2.93. The van der Waals surface area contributed by atoms with Gasteiger partial charge in [0.25, 0.3) is 0 Å². The quantitative estimate of drug-likeness (QED) is 0.901. The van der Waals surface area contributed by atoms with E-state index >= 15 is 0 Å². The summed E-state index contributed by atoms with van der Waals surface area (Å²) in [5, 5.41) is 0. The van der Waals surface area contributed by atoms with Crippen LogP contribution < -0.4 is 5.73 Å². The Kier molecular flexibility index (Phi) is 4.56. The van der Waals surface area contributed by atoms with Crippen LogP contribution in [0.2, 0.25) is 0 Å². The average molecular weight is 295 g/mol. The molecule has 1 atom stereocenters. The first-order valence-electron chi connectivity index (χ1n) is 4.87. The second-order valence-corrected chi connectivity index (χ2v) is 4.81. The van der Waals surface area contributed by atoms with Crippen molar-refractivity contribution in [2.75, 3.05) is 0 Å². The first-order valence-corrected chi connectivity index (χ1v) is 5.66. The molecule has 2 rings (SSSR count). The molecule has 4 heteroatoms. The number of benzene rings is 1. The summed E-state index contributed by atoms with van der Waals surface area (Å²) >= 11 is 3.17. The van der Waals surface area contributed by atoms with E-state index in [-0.39, 0.29) is 24.3 Å². The summed E-state index contributed by atoms with van der Waals surface area (Å²) in [5.74, 6) is 0.571. The molecule has 0 bridgehead atoms. The van der Waals surface area contributed by atoms with Crippen LogP contribution in [0.4, 0.5) is 4.39 Å². The van der Waals surface area contributed by atoms with Crippen LogP contribution in [0.15, 0.2) is 22.7 Å². The Morgan fingerprint density at radius 1 is 1.47 bits per heavy atom. The van der Waals surface area contributed by atoms with Crippen molar-refractivity contribution in [3.8, 4) is 0 Å². The van der Waals surface area contributed by atoms with Gasteiger partial charge in [-0.1, -0.05) is 18.9 Å². The van der Waals surface area contributed by atoms with Gasteiger partial charge in [-0.05, 0) is 46.0 Å². The number of nitrogens with two attached hydrogens (primary N) is 1. The SMILES string of the molecule is Cl.N[C@H](CC1CC1)c1ccc(F)c(Br)c1. The van der Waals surface area contributed by atoms with Gasteiger partial charge in [0.15, 0.2) is 0 Å². The fraction of sp³-hybridized carbons (Fsp3) is 0.455. The lowest BCUT2D eigenvalue weighted by atomic mass is 10.0. The zero-order valence-corrected chi connectivity index (χ0v) is 10.7. The van der Waals surface area contributed by atoms with E-state index < -0.39 is 0 Å². The summed E-state index contributed by atoms with van der Waals surface area (Å²) in [6.07, 6.45) is 3.63. The highest BCUT2D eigenvalue weighted by molar-refractivity contribution is 9.10. The first kappa shape index (κ1) is 12.9. The van der Waals surface area contributed by atoms with Crippen molar-refractivity contribution >= 4 is 28.3 Å². The van der Waals surface area contributed by atoms with E-state index in [0.29, 0.717) is 4.47 Å². The van der Waals surface area contributed by atoms with E-state index in [1.165, 1.54) is 18.9 Å². The third-order valence-corrected chi connectivity index (χ3v) is 3.26. The van der Waals surface area contributed by atoms with Gasteiger partial charge >= 0.3 is 0 Å². The number of hydrogen-bond acceptors (Lipinski definition) is 1. The Bertz CT molecular complexity index is 341. The summed E-state index contributed by atoms with van der Waals surface area (Å²) in [6, 6.07) is 5.07. The highest BCUT2D eigenvalue weighted by Crippen LogP contribution is 2.37. The maximum atomic E-state index is 12.9. The molecule has 0 amide bonds. The van der Waals surface area contributed by atoms with Crippen LogP contribution in [0.25, 0.3) is 0 Å². The molecule has 0 aromatic heterocycles. The van der Waals surface area contributed by atoms with Crippen molar-refractivity contribution in [3.05, 3.63) is 34.1 Å². The van der Waals surface area contributed by atoms with Crippen molar-refractivity contribution in [2.24, 2.45) is 11.7 Å². The van der Waals surface area contributed by atoms with Crippen molar-refractivity contribution < 1.29 is 4.39 Å². The van der Waals surface area contributed by atoms with E-state index in [9.17, 15) is 4.39 Å². The van der Waals surface area contributed by atoms with Gasteiger partial charge in [0.2, 0.25) is 0 Å².